The summed E-state index contributed by atoms with van der Waals surface area (Å²) in [6.45, 7) is 5.28. The quantitative estimate of drug-likeness (QED) is 0.478. The van der Waals surface area contributed by atoms with E-state index in [1.807, 2.05) is 9.47 Å². The molecule has 0 radical (unpaired) electrons. The summed E-state index contributed by atoms with van der Waals surface area (Å²) in [5.74, 6) is 1.16. The van der Waals surface area contributed by atoms with Crippen molar-refractivity contribution in [3.05, 3.63) is 20.8 Å². The molecule has 2 atom stereocenters. The fourth-order valence-corrected chi connectivity index (χ4v) is 7.54. The first-order valence-electron chi connectivity index (χ1n) is 12.2. The topological polar surface area (TPSA) is 64.4 Å². The average molecular weight is 476 g/mol. The van der Waals surface area contributed by atoms with E-state index in [-0.39, 0.29) is 17.6 Å². The Balaban J connectivity index is 1.45. The molecule has 2 aliphatic heterocycles. The summed E-state index contributed by atoms with van der Waals surface area (Å²) in [5.41, 5.74) is 1.28. The number of carbonyl (C=O) groups is 1. The van der Waals surface area contributed by atoms with E-state index in [0.29, 0.717) is 23.4 Å². The van der Waals surface area contributed by atoms with Crippen molar-refractivity contribution in [1.82, 2.24) is 14.5 Å². The molecule has 1 aliphatic carbocycles. The summed E-state index contributed by atoms with van der Waals surface area (Å²) in [6.07, 6.45) is 9.79. The van der Waals surface area contributed by atoms with E-state index in [4.69, 9.17) is 9.72 Å². The minimum absolute atomic E-state index is 0.0575. The van der Waals surface area contributed by atoms with Gasteiger partial charge in [0.25, 0.3) is 5.56 Å². The van der Waals surface area contributed by atoms with Gasteiger partial charge in [0.1, 0.15) is 4.83 Å². The van der Waals surface area contributed by atoms with E-state index in [9.17, 15) is 9.59 Å². The van der Waals surface area contributed by atoms with Crippen molar-refractivity contribution in [3.8, 4) is 0 Å². The van der Waals surface area contributed by atoms with Crippen LogP contribution in [-0.4, -0.2) is 51.9 Å². The van der Waals surface area contributed by atoms with Gasteiger partial charge in [0.2, 0.25) is 5.91 Å². The number of fused-ring (bicyclic) bond motifs is 3. The van der Waals surface area contributed by atoms with Crippen LogP contribution in [0.5, 0.6) is 0 Å². The van der Waals surface area contributed by atoms with Gasteiger partial charge < -0.3 is 9.64 Å². The van der Waals surface area contributed by atoms with Crippen molar-refractivity contribution in [1.29, 1.82) is 0 Å². The number of aryl methyl sites for hydroxylation is 1. The van der Waals surface area contributed by atoms with Crippen LogP contribution in [0.2, 0.25) is 0 Å². The SMILES string of the molecule is CC1CCc2c(sc3nc(SCC(=O)N4CCCCCC4)n(CC4CCCO4)c(=O)c23)C1. The molecule has 4 heterocycles. The minimum Gasteiger partial charge on any atom is -0.376 e. The lowest BCUT2D eigenvalue weighted by Crippen LogP contribution is -2.34. The van der Waals surface area contributed by atoms with Crippen LogP contribution in [0.4, 0.5) is 0 Å². The van der Waals surface area contributed by atoms with E-state index >= 15 is 0 Å². The second kappa shape index (κ2) is 9.85. The van der Waals surface area contributed by atoms with E-state index in [2.05, 4.69) is 6.92 Å². The van der Waals surface area contributed by atoms with E-state index in [0.717, 1.165) is 74.9 Å². The zero-order valence-electron chi connectivity index (χ0n) is 18.9. The van der Waals surface area contributed by atoms with Crippen LogP contribution in [-0.2, 0) is 28.9 Å². The number of hydrogen-bond acceptors (Lipinski definition) is 6. The first kappa shape index (κ1) is 22.4. The Morgan fingerprint density at radius 3 is 2.75 bits per heavy atom. The summed E-state index contributed by atoms with van der Waals surface area (Å²) in [7, 11) is 0. The number of likely N-dealkylation sites (tertiary alicyclic amines) is 1. The monoisotopic (exact) mass is 475 g/mol. The van der Waals surface area contributed by atoms with Gasteiger partial charge in [-0.25, -0.2) is 4.98 Å². The van der Waals surface area contributed by atoms with Gasteiger partial charge in [-0.15, -0.1) is 11.3 Å². The van der Waals surface area contributed by atoms with Crippen molar-refractivity contribution in [2.24, 2.45) is 5.92 Å². The van der Waals surface area contributed by atoms with Crippen molar-refractivity contribution < 1.29 is 9.53 Å². The lowest BCUT2D eigenvalue weighted by Gasteiger charge is -2.21. The average Bonchev–Trinajstić information content (AvgIpc) is 3.32. The van der Waals surface area contributed by atoms with Crippen LogP contribution in [0.25, 0.3) is 10.2 Å². The van der Waals surface area contributed by atoms with Crippen molar-refractivity contribution in [3.63, 3.8) is 0 Å². The van der Waals surface area contributed by atoms with E-state index in [1.54, 1.807) is 11.3 Å². The largest absolute Gasteiger partial charge is 0.376 e. The molecule has 2 unspecified atom stereocenters. The molecule has 8 heteroatoms. The number of hydrogen-bond donors (Lipinski definition) is 0. The van der Waals surface area contributed by atoms with Gasteiger partial charge in [-0.1, -0.05) is 31.5 Å². The molecule has 3 aliphatic rings. The molecule has 6 nitrogen and oxygen atoms in total. The third-order valence-electron chi connectivity index (χ3n) is 7.07. The second-order valence-electron chi connectivity index (χ2n) is 9.56. The Labute approximate surface area is 197 Å². The molecule has 0 N–H and O–H groups in total. The highest BCUT2D eigenvalue weighted by Gasteiger charge is 2.27. The number of nitrogens with zero attached hydrogens (tertiary/aromatic N) is 3. The number of thioether (sulfide) groups is 1. The molecule has 2 aromatic rings. The third-order valence-corrected chi connectivity index (χ3v) is 9.18. The highest BCUT2D eigenvalue weighted by molar-refractivity contribution is 7.99. The number of thiophene rings is 1. The standard InChI is InChI=1S/C24H33N3O3S2/c1-16-8-9-18-19(13-16)32-22-21(18)23(29)27(14-17-7-6-12-30-17)24(25-22)31-15-20(28)26-10-4-2-3-5-11-26/h16-17H,2-15H2,1H3. The first-order chi connectivity index (χ1) is 15.6. The third kappa shape index (κ3) is 4.64. The summed E-state index contributed by atoms with van der Waals surface area (Å²) >= 11 is 3.11. The highest BCUT2D eigenvalue weighted by atomic mass is 32.2. The number of carbonyl (C=O) groups excluding carboxylic acids is 1. The Morgan fingerprint density at radius 2 is 2.00 bits per heavy atom. The van der Waals surface area contributed by atoms with Gasteiger partial charge in [-0.3, -0.25) is 14.2 Å². The molecule has 2 saturated heterocycles. The van der Waals surface area contributed by atoms with Gasteiger partial charge in [0.15, 0.2) is 5.16 Å². The van der Waals surface area contributed by atoms with Crippen molar-refractivity contribution in [2.75, 3.05) is 25.4 Å². The smallest absolute Gasteiger partial charge is 0.263 e. The number of aromatic nitrogens is 2. The van der Waals surface area contributed by atoms with Crippen molar-refractivity contribution >= 4 is 39.2 Å². The Kier molecular flexibility index (Phi) is 6.90. The van der Waals surface area contributed by atoms with Gasteiger partial charge in [-0.05, 0) is 56.4 Å². The molecule has 2 fully saturated rings. The van der Waals surface area contributed by atoms with Crippen molar-refractivity contribution in [2.45, 2.75) is 82.5 Å². The lowest BCUT2D eigenvalue weighted by molar-refractivity contribution is -0.128. The van der Waals surface area contributed by atoms with Gasteiger partial charge in [0, 0.05) is 24.6 Å². The zero-order chi connectivity index (χ0) is 22.1. The van der Waals surface area contributed by atoms with Gasteiger partial charge in [0.05, 0.1) is 23.8 Å². The number of amides is 1. The molecule has 32 heavy (non-hydrogen) atoms. The maximum atomic E-state index is 13.7. The molecule has 5 rings (SSSR count). The van der Waals surface area contributed by atoms with Crippen LogP contribution in [0.15, 0.2) is 9.95 Å². The van der Waals surface area contributed by atoms with E-state index in [1.165, 1.54) is 35.0 Å². The van der Waals surface area contributed by atoms with Gasteiger partial charge >= 0.3 is 0 Å². The maximum absolute atomic E-state index is 13.7. The predicted molar refractivity (Wildman–Crippen MR) is 130 cm³/mol. The fourth-order valence-electron chi connectivity index (χ4n) is 5.21. The molecule has 0 saturated carbocycles. The molecular formula is C24H33N3O3S2. The first-order valence-corrected chi connectivity index (χ1v) is 14.0. The summed E-state index contributed by atoms with van der Waals surface area (Å²) < 4.78 is 7.66. The Morgan fingerprint density at radius 1 is 1.19 bits per heavy atom. The molecule has 0 bridgehead atoms. The van der Waals surface area contributed by atoms with Crippen LogP contribution in [0, 0.1) is 5.92 Å². The number of rotatable bonds is 5. The molecule has 2 aromatic heterocycles. The molecule has 174 valence electrons. The molecule has 0 spiro atoms. The maximum Gasteiger partial charge on any atom is 0.263 e. The second-order valence-corrected chi connectivity index (χ2v) is 11.6. The number of ether oxygens (including phenoxy) is 1. The Bertz CT molecular complexity index is 1030. The van der Waals surface area contributed by atoms with Crippen LogP contribution >= 0.6 is 23.1 Å². The van der Waals surface area contributed by atoms with Crippen LogP contribution in [0.3, 0.4) is 0 Å². The molecule has 1 amide bonds. The molecule has 0 aromatic carbocycles. The minimum atomic E-state index is 0.0575. The lowest BCUT2D eigenvalue weighted by atomic mass is 9.89. The summed E-state index contributed by atoms with van der Waals surface area (Å²) in [5, 5.41) is 1.49. The van der Waals surface area contributed by atoms with Crippen LogP contribution in [0.1, 0.15) is 62.3 Å². The normalized spacial score (nSPS) is 24.0. The predicted octanol–water partition coefficient (Wildman–Crippen LogP) is 4.26. The highest BCUT2D eigenvalue weighted by Crippen LogP contribution is 2.36. The summed E-state index contributed by atoms with van der Waals surface area (Å²) in [4.78, 5) is 35.7. The fraction of sp³-hybridized carbons (Fsp3) is 0.708. The van der Waals surface area contributed by atoms with Crippen LogP contribution < -0.4 is 5.56 Å². The molecular weight excluding hydrogens is 442 g/mol. The van der Waals surface area contributed by atoms with E-state index < -0.39 is 0 Å². The Hall–Kier alpha value is -1.38. The van der Waals surface area contributed by atoms with Gasteiger partial charge in [-0.2, -0.15) is 0 Å². The summed E-state index contributed by atoms with van der Waals surface area (Å²) in [6, 6.07) is 0. The zero-order valence-corrected chi connectivity index (χ0v) is 20.6.